The highest BCUT2D eigenvalue weighted by atomic mass is 32.2. The first-order valence-electron chi connectivity index (χ1n) is 9.30. The summed E-state index contributed by atoms with van der Waals surface area (Å²) in [4.78, 5) is 36.0. The molecule has 0 bridgehead atoms. The highest BCUT2D eigenvalue weighted by Crippen LogP contribution is 2.32. The van der Waals surface area contributed by atoms with Crippen LogP contribution in [0.25, 0.3) is 0 Å². The summed E-state index contributed by atoms with van der Waals surface area (Å²) >= 11 is 2.54. The lowest BCUT2D eigenvalue weighted by molar-refractivity contribution is -0.133. The average Bonchev–Trinajstić information content (AvgIpc) is 3.51. The SMILES string of the molecule is O=C(Cc1ccc(F)cc1)Oc1coc(CSc2nnc(NC(=O)C3CC3)s2)cc1=O. The van der Waals surface area contributed by atoms with Crippen LogP contribution < -0.4 is 15.5 Å². The van der Waals surface area contributed by atoms with E-state index in [1.807, 2.05) is 0 Å². The largest absolute Gasteiger partial charge is 0.464 e. The van der Waals surface area contributed by atoms with Gasteiger partial charge in [-0.2, -0.15) is 0 Å². The average molecular weight is 461 g/mol. The van der Waals surface area contributed by atoms with Crippen molar-refractivity contribution in [3.05, 3.63) is 64.0 Å². The van der Waals surface area contributed by atoms with Gasteiger partial charge < -0.3 is 14.5 Å². The third kappa shape index (κ3) is 5.98. The normalized spacial score (nSPS) is 13.1. The molecule has 31 heavy (non-hydrogen) atoms. The fraction of sp³-hybridized carbons (Fsp3) is 0.250. The Balaban J connectivity index is 1.29. The molecule has 11 heteroatoms. The van der Waals surface area contributed by atoms with Crippen molar-refractivity contribution < 1.29 is 23.1 Å². The lowest BCUT2D eigenvalue weighted by Gasteiger charge is -2.04. The van der Waals surface area contributed by atoms with E-state index in [0.29, 0.717) is 26.5 Å². The Kier molecular flexibility index (Phi) is 6.42. The smallest absolute Gasteiger partial charge is 0.315 e. The number of carbonyl (C=O) groups excluding carboxylic acids is 2. The van der Waals surface area contributed by atoms with Crippen LogP contribution >= 0.6 is 23.1 Å². The minimum Gasteiger partial charge on any atom is -0.464 e. The van der Waals surface area contributed by atoms with Crippen LogP contribution in [0.5, 0.6) is 5.75 Å². The standard InChI is InChI=1S/C20H16FN3O5S2/c21-13-5-1-11(2-6-13)7-17(26)29-16-9-28-14(8-15(16)25)10-30-20-24-23-19(31-20)22-18(27)12-3-4-12/h1-2,5-6,8-9,12H,3-4,7,10H2,(H,22,23,27). The molecule has 1 fully saturated rings. The van der Waals surface area contributed by atoms with Crippen molar-refractivity contribution in [1.82, 2.24) is 10.2 Å². The van der Waals surface area contributed by atoms with Gasteiger partial charge in [0.1, 0.15) is 17.8 Å². The molecule has 0 spiro atoms. The van der Waals surface area contributed by atoms with Crippen LogP contribution in [-0.2, 0) is 21.8 Å². The van der Waals surface area contributed by atoms with E-state index in [0.717, 1.165) is 19.1 Å². The molecule has 1 amide bonds. The van der Waals surface area contributed by atoms with Crippen molar-refractivity contribution in [2.75, 3.05) is 5.32 Å². The number of hydrogen-bond donors (Lipinski definition) is 1. The third-order valence-corrected chi connectivity index (χ3v) is 6.25. The molecule has 1 aromatic carbocycles. The van der Waals surface area contributed by atoms with E-state index in [1.54, 1.807) is 0 Å². The quantitative estimate of drug-likeness (QED) is 0.309. The highest BCUT2D eigenvalue weighted by Gasteiger charge is 2.30. The molecule has 0 atom stereocenters. The number of halogens is 1. The molecule has 1 aliphatic carbocycles. The van der Waals surface area contributed by atoms with Crippen molar-refractivity contribution in [3.63, 3.8) is 0 Å². The van der Waals surface area contributed by atoms with E-state index < -0.39 is 17.2 Å². The lowest BCUT2D eigenvalue weighted by Crippen LogP contribution is -2.16. The number of ether oxygens (including phenoxy) is 1. The molecule has 1 saturated carbocycles. The summed E-state index contributed by atoms with van der Waals surface area (Å²) in [6.45, 7) is 0. The van der Waals surface area contributed by atoms with Gasteiger partial charge in [0.15, 0.2) is 4.34 Å². The second-order valence-corrected chi connectivity index (χ2v) is 8.98. The van der Waals surface area contributed by atoms with Crippen molar-refractivity contribution >= 4 is 40.1 Å². The van der Waals surface area contributed by atoms with Gasteiger partial charge in [-0.25, -0.2) is 4.39 Å². The van der Waals surface area contributed by atoms with E-state index in [4.69, 9.17) is 9.15 Å². The number of anilines is 1. The topological polar surface area (TPSA) is 111 Å². The van der Waals surface area contributed by atoms with Gasteiger partial charge in [0.2, 0.25) is 22.2 Å². The first kappa shape index (κ1) is 21.2. The summed E-state index contributed by atoms with van der Waals surface area (Å²) in [5.74, 6) is -0.561. The van der Waals surface area contributed by atoms with Gasteiger partial charge >= 0.3 is 5.97 Å². The minimum absolute atomic E-state index is 0.0386. The number of aromatic nitrogens is 2. The van der Waals surface area contributed by atoms with Crippen molar-refractivity contribution in [3.8, 4) is 5.75 Å². The molecule has 0 saturated heterocycles. The number of esters is 1. The van der Waals surface area contributed by atoms with E-state index in [2.05, 4.69) is 15.5 Å². The fourth-order valence-corrected chi connectivity index (χ4v) is 4.17. The number of rotatable bonds is 8. The number of nitrogens with one attached hydrogen (secondary N) is 1. The molecule has 2 heterocycles. The van der Waals surface area contributed by atoms with Crippen LogP contribution in [0.15, 0.2) is 50.1 Å². The molecule has 8 nitrogen and oxygen atoms in total. The second kappa shape index (κ2) is 9.40. The van der Waals surface area contributed by atoms with Gasteiger partial charge in [-0.3, -0.25) is 14.4 Å². The Hall–Kier alpha value is -3.05. The highest BCUT2D eigenvalue weighted by molar-refractivity contribution is 8.00. The van der Waals surface area contributed by atoms with Gasteiger partial charge in [-0.1, -0.05) is 35.2 Å². The molecule has 0 radical (unpaired) electrons. The Bertz CT molecular complexity index is 1160. The van der Waals surface area contributed by atoms with Crippen molar-refractivity contribution in [2.45, 2.75) is 29.4 Å². The van der Waals surface area contributed by atoms with Gasteiger partial charge in [0.05, 0.1) is 12.2 Å². The second-order valence-electron chi connectivity index (χ2n) is 6.78. The number of thioether (sulfide) groups is 1. The maximum absolute atomic E-state index is 12.9. The maximum atomic E-state index is 12.9. The Morgan fingerprint density at radius 3 is 2.74 bits per heavy atom. The van der Waals surface area contributed by atoms with Crippen LogP contribution in [0, 0.1) is 11.7 Å². The van der Waals surface area contributed by atoms with E-state index in [-0.39, 0.29) is 24.0 Å². The minimum atomic E-state index is -0.657. The van der Waals surface area contributed by atoms with E-state index in [1.165, 1.54) is 53.4 Å². The summed E-state index contributed by atoms with van der Waals surface area (Å²) < 4.78 is 24.0. The van der Waals surface area contributed by atoms with Crippen LogP contribution in [0.3, 0.4) is 0 Å². The number of amides is 1. The zero-order valence-electron chi connectivity index (χ0n) is 16.0. The fourth-order valence-electron chi connectivity index (χ4n) is 2.52. The molecule has 0 aliphatic heterocycles. The molecule has 0 unspecified atom stereocenters. The van der Waals surface area contributed by atoms with Crippen LogP contribution in [0.4, 0.5) is 9.52 Å². The number of carbonyl (C=O) groups is 2. The van der Waals surface area contributed by atoms with Gasteiger partial charge in [0, 0.05) is 12.0 Å². The maximum Gasteiger partial charge on any atom is 0.315 e. The summed E-state index contributed by atoms with van der Waals surface area (Å²) in [7, 11) is 0. The van der Waals surface area contributed by atoms with Crippen molar-refractivity contribution in [2.24, 2.45) is 5.92 Å². The van der Waals surface area contributed by atoms with Gasteiger partial charge in [-0.05, 0) is 30.5 Å². The zero-order valence-corrected chi connectivity index (χ0v) is 17.6. The Labute approximate surface area is 183 Å². The number of hydrogen-bond acceptors (Lipinski definition) is 9. The number of benzene rings is 1. The van der Waals surface area contributed by atoms with Crippen molar-refractivity contribution in [1.29, 1.82) is 0 Å². The molecule has 2 aromatic heterocycles. The summed E-state index contributed by atoms with van der Waals surface area (Å²) in [6.07, 6.45) is 2.79. The first-order valence-corrected chi connectivity index (χ1v) is 11.1. The summed E-state index contributed by atoms with van der Waals surface area (Å²) in [6, 6.07) is 6.66. The molecule has 4 rings (SSSR count). The van der Waals surface area contributed by atoms with Gasteiger partial charge in [0.25, 0.3) is 0 Å². The Morgan fingerprint density at radius 1 is 1.26 bits per heavy atom. The molecular formula is C20H16FN3O5S2. The van der Waals surface area contributed by atoms with E-state index >= 15 is 0 Å². The molecule has 1 N–H and O–H groups in total. The van der Waals surface area contributed by atoms with Crippen LogP contribution in [-0.4, -0.2) is 22.1 Å². The molecular weight excluding hydrogens is 445 g/mol. The van der Waals surface area contributed by atoms with Crippen LogP contribution in [0.1, 0.15) is 24.2 Å². The third-order valence-electron chi connectivity index (χ3n) is 4.26. The first-order chi connectivity index (χ1) is 15.0. The number of nitrogens with zero attached hydrogens (tertiary/aromatic N) is 2. The predicted octanol–water partition coefficient (Wildman–Crippen LogP) is 3.42. The Morgan fingerprint density at radius 2 is 2.03 bits per heavy atom. The van der Waals surface area contributed by atoms with E-state index in [9.17, 15) is 18.8 Å². The monoisotopic (exact) mass is 461 g/mol. The lowest BCUT2D eigenvalue weighted by atomic mass is 10.1. The summed E-state index contributed by atoms with van der Waals surface area (Å²) in [5, 5.41) is 11.1. The summed E-state index contributed by atoms with van der Waals surface area (Å²) in [5.41, 5.74) is 0.0671. The predicted molar refractivity (Wildman–Crippen MR) is 112 cm³/mol. The molecule has 3 aromatic rings. The van der Waals surface area contributed by atoms with Crippen LogP contribution in [0.2, 0.25) is 0 Å². The zero-order chi connectivity index (χ0) is 21.8. The molecule has 1 aliphatic rings. The molecule has 160 valence electrons. The van der Waals surface area contributed by atoms with Gasteiger partial charge in [-0.15, -0.1) is 10.2 Å².